The Hall–Kier alpha value is -2.74. The molecule has 2 heterocycles. The standard InChI is InChI=1S/C18H12N2/c1-2-4-17-13(3-1)8-10-20-18(17)15-5-6-16-12-19-9-7-14(16)11-15/h1-12H. The molecule has 2 heteroatoms. The molecule has 4 rings (SSSR count). The van der Waals surface area contributed by atoms with Crippen LogP contribution in [0.3, 0.4) is 0 Å². The number of hydrogen-bond acceptors (Lipinski definition) is 2. The molecular weight excluding hydrogens is 244 g/mol. The number of nitrogens with zero attached hydrogens (tertiary/aromatic N) is 2. The van der Waals surface area contributed by atoms with E-state index in [1.54, 1.807) is 0 Å². The largest absolute Gasteiger partial charge is 0.264 e. The molecule has 0 N–H and O–H groups in total. The van der Waals surface area contributed by atoms with Gasteiger partial charge in [-0.05, 0) is 29.0 Å². The van der Waals surface area contributed by atoms with Crippen LogP contribution in [0.5, 0.6) is 0 Å². The minimum absolute atomic E-state index is 1.03. The van der Waals surface area contributed by atoms with E-state index >= 15 is 0 Å². The molecule has 4 aromatic rings. The first kappa shape index (κ1) is 11.1. The Labute approximate surface area is 116 Å². The summed E-state index contributed by atoms with van der Waals surface area (Å²) in [6.45, 7) is 0. The molecule has 0 radical (unpaired) electrons. The van der Waals surface area contributed by atoms with Crippen LogP contribution >= 0.6 is 0 Å². The van der Waals surface area contributed by atoms with Crippen LogP contribution in [0.2, 0.25) is 0 Å². The summed E-state index contributed by atoms with van der Waals surface area (Å²) in [5.41, 5.74) is 2.17. The quantitative estimate of drug-likeness (QED) is 0.503. The SMILES string of the molecule is c1ccc2c(-c3ccc4cnccc4c3)nccc2c1. The molecule has 0 unspecified atom stereocenters. The summed E-state index contributed by atoms with van der Waals surface area (Å²) in [7, 11) is 0. The zero-order chi connectivity index (χ0) is 13.4. The topological polar surface area (TPSA) is 25.8 Å². The van der Waals surface area contributed by atoms with E-state index in [0.717, 1.165) is 16.6 Å². The monoisotopic (exact) mass is 256 g/mol. The van der Waals surface area contributed by atoms with Gasteiger partial charge in [-0.2, -0.15) is 0 Å². The molecule has 94 valence electrons. The molecule has 0 saturated heterocycles. The fraction of sp³-hybridized carbons (Fsp3) is 0. The van der Waals surface area contributed by atoms with E-state index in [4.69, 9.17) is 0 Å². The van der Waals surface area contributed by atoms with Crippen LogP contribution in [-0.2, 0) is 0 Å². The number of aromatic nitrogens is 2. The maximum atomic E-state index is 4.57. The van der Waals surface area contributed by atoms with E-state index in [9.17, 15) is 0 Å². The van der Waals surface area contributed by atoms with Crippen molar-refractivity contribution >= 4 is 21.5 Å². The summed E-state index contributed by atoms with van der Waals surface area (Å²) in [6.07, 6.45) is 5.58. The van der Waals surface area contributed by atoms with Crippen molar-refractivity contribution in [3.63, 3.8) is 0 Å². The molecule has 0 aliphatic rings. The Morgan fingerprint density at radius 3 is 2.60 bits per heavy atom. The van der Waals surface area contributed by atoms with Crippen LogP contribution in [-0.4, -0.2) is 9.97 Å². The molecule has 20 heavy (non-hydrogen) atoms. The molecule has 0 spiro atoms. The van der Waals surface area contributed by atoms with Gasteiger partial charge in [-0.3, -0.25) is 9.97 Å². The van der Waals surface area contributed by atoms with E-state index < -0.39 is 0 Å². The third-order valence-electron chi connectivity index (χ3n) is 3.59. The van der Waals surface area contributed by atoms with Crippen molar-refractivity contribution in [3.05, 3.63) is 73.2 Å². The Balaban J connectivity index is 2.01. The van der Waals surface area contributed by atoms with Gasteiger partial charge in [0.25, 0.3) is 0 Å². The molecule has 0 amide bonds. The Morgan fingerprint density at radius 1 is 0.700 bits per heavy atom. The number of hydrogen-bond donors (Lipinski definition) is 0. The molecule has 0 saturated carbocycles. The first-order valence-corrected chi connectivity index (χ1v) is 6.60. The van der Waals surface area contributed by atoms with E-state index in [0.29, 0.717) is 0 Å². The summed E-state index contributed by atoms with van der Waals surface area (Å²) in [6, 6.07) is 18.8. The molecule has 0 aliphatic carbocycles. The minimum atomic E-state index is 1.03. The van der Waals surface area contributed by atoms with Crippen molar-refractivity contribution in [2.45, 2.75) is 0 Å². The van der Waals surface area contributed by atoms with Gasteiger partial charge >= 0.3 is 0 Å². The summed E-state index contributed by atoms with van der Waals surface area (Å²) in [5.74, 6) is 0. The van der Waals surface area contributed by atoms with E-state index in [1.807, 2.05) is 30.7 Å². The van der Waals surface area contributed by atoms with E-state index in [-0.39, 0.29) is 0 Å². The second-order valence-corrected chi connectivity index (χ2v) is 4.82. The molecular formula is C18H12N2. The minimum Gasteiger partial charge on any atom is -0.264 e. The fourth-order valence-electron chi connectivity index (χ4n) is 2.58. The first-order valence-electron chi connectivity index (χ1n) is 6.60. The van der Waals surface area contributed by atoms with Gasteiger partial charge < -0.3 is 0 Å². The first-order chi connectivity index (χ1) is 9.92. The van der Waals surface area contributed by atoms with Crippen molar-refractivity contribution in [2.75, 3.05) is 0 Å². The van der Waals surface area contributed by atoms with Crippen LogP contribution in [0.25, 0.3) is 32.8 Å². The van der Waals surface area contributed by atoms with Crippen molar-refractivity contribution in [1.82, 2.24) is 9.97 Å². The van der Waals surface area contributed by atoms with Crippen molar-refractivity contribution in [1.29, 1.82) is 0 Å². The maximum Gasteiger partial charge on any atom is 0.0780 e. The lowest BCUT2D eigenvalue weighted by molar-refractivity contribution is 1.35. The van der Waals surface area contributed by atoms with E-state index in [1.165, 1.54) is 16.2 Å². The van der Waals surface area contributed by atoms with Crippen LogP contribution in [0.15, 0.2) is 73.2 Å². The highest BCUT2D eigenvalue weighted by Crippen LogP contribution is 2.28. The molecule has 2 aromatic heterocycles. The third-order valence-corrected chi connectivity index (χ3v) is 3.59. The van der Waals surface area contributed by atoms with Gasteiger partial charge in [0.05, 0.1) is 5.69 Å². The molecule has 0 bridgehead atoms. The highest BCUT2D eigenvalue weighted by atomic mass is 14.7. The lowest BCUT2D eigenvalue weighted by atomic mass is 10.0. The second kappa shape index (κ2) is 4.42. The van der Waals surface area contributed by atoms with Gasteiger partial charge in [0.15, 0.2) is 0 Å². The van der Waals surface area contributed by atoms with Gasteiger partial charge in [-0.15, -0.1) is 0 Å². The average Bonchev–Trinajstić information content (AvgIpc) is 2.54. The smallest absolute Gasteiger partial charge is 0.0780 e. The van der Waals surface area contributed by atoms with Gasteiger partial charge in [-0.1, -0.05) is 36.4 Å². The zero-order valence-electron chi connectivity index (χ0n) is 10.8. The van der Waals surface area contributed by atoms with E-state index in [2.05, 4.69) is 52.4 Å². The number of benzene rings is 2. The molecule has 2 nitrogen and oxygen atoms in total. The summed E-state index contributed by atoms with van der Waals surface area (Å²) in [4.78, 5) is 8.72. The van der Waals surface area contributed by atoms with Gasteiger partial charge in [0.2, 0.25) is 0 Å². The molecule has 2 aromatic carbocycles. The van der Waals surface area contributed by atoms with Crippen LogP contribution in [0, 0.1) is 0 Å². The van der Waals surface area contributed by atoms with Gasteiger partial charge in [-0.25, -0.2) is 0 Å². The normalized spacial score (nSPS) is 11.0. The van der Waals surface area contributed by atoms with Crippen molar-refractivity contribution in [3.8, 4) is 11.3 Å². The second-order valence-electron chi connectivity index (χ2n) is 4.82. The van der Waals surface area contributed by atoms with Crippen molar-refractivity contribution < 1.29 is 0 Å². The van der Waals surface area contributed by atoms with Gasteiger partial charge in [0, 0.05) is 34.9 Å². The number of rotatable bonds is 1. The van der Waals surface area contributed by atoms with Gasteiger partial charge in [0.1, 0.15) is 0 Å². The number of pyridine rings is 2. The lowest BCUT2D eigenvalue weighted by Crippen LogP contribution is -1.86. The summed E-state index contributed by atoms with van der Waals surface area (Å²) in [5, 5.41) is 4.74. The zero-order valence-corrected chi connectivity index (χ0v) is 10.8. The van der Waals surface area contributed by atoms with Crippen molar-refractivity contribution in [2.24, 2.45) is 0 Å². The fourth-order valence-corrected chi connectivity index (χ4v) is 2.58. The molecule has 0 fully saturated rings. The highest BCUT2D eigenvalue weighted by molar-refractivity contribution is 5.96. The molecule has 0 aliphatic heterocycles. The Kier molecular flexibility index (Phi) is 2.46. The summed E-state index contributed by atoms with van der Waals surface area (Å²) >= 11 is 0. The van der Waals surface area contributed by atoms with Crippen LogP contribution in [0.4, 0.5) is 0 Å². The Bertz CT molecular complexity index is 908. The Morgan fingerprint density at radius 2 is 1.60 bits per heavy atom. The number of fused-ring (bicyclic) bond motifs is 2. The third kappa shape index (κ3) is 1.74. The average molecular weight is 256 g/mol. The predicted molar refractivity (Wildman–Crippen MR) is 82.5 cm³/mol. The van der Waals surface area contributed by atoms with Crippen LogP contribution < -0.4 is 0 Å². The highest BCUT2D eigenvalue weighted by Gasteiger charge is 2.05. The maximum absolute atomic E-state index is 4.57. The van der Waals surface area contributed by atoms with Crippen LogP contribution in [0.1, 0.15) is 0 Å². The lowest BCUT2D eigenvalue weighted by Gasteiger charge is -2.07. The molecule has 0 atom stereocenters. The predicted octanol–water partition coefficient (Wildman–Crippen LogP) is 4.45. The summed E-state index contributed by atoms with van der Waals surface area (Å²) < 4.78 is 0.